The number of nitrogens with two attached hydrogens (primary N) is 2. The average molecular weight is 240 g/mol. The largest absolute Gasteiger partial charge is 0.377 e. The highest BCUT2D eigenvalue weighted by atomic mass is 32.2. The van der Waals surface area contributed by atoms with Crippen LogP contribution in [0.25, 0.3) is 0 Å². The minimum Gasteiger partial charge on any atom is -0.377 e. The third-order valence-electron chi connectivity index (χ3n) is 0.737. The standard InChI is InChI=1S/C6H12OS2.CH4N2S/c1-3-8-4-5-9-6(2)7;2-1(3)4/h3-5H2,1-2H3;(H4,2,3,4). The Kier molecular flexibility index (Phi) is 14.4. The van der Waals surface area contributed by atoms with Crippen LogP contribution in [-0.4, -0.2) is 27.5 Å². The zero-order valence-electron chi connectivity index (χ0n) is 7.91. The fourth-order valence-corrected chi connectivity index (χ4v) is 1.77. The van der Waals surface area contributed by atoms with E-state index in [4.69, 9.17) is 0 Å². The Morgan fingerprint density at radius 1 is 1.38 bits per heavy atom. The number of carbonyl (C=O) groups excluding carboxylic acids is 1. The SMILES string of the molecule is CCSCCSC(C)=O.NC(N)=S. The van der Waals surface area contributed by atoms with Crippen LogP contribution in [0, 0.1) is 0 Å². The fraction of sp³-hybridized carbons (Fsp3) is 0.714. The van der Waals surface area contributed by atoms with E-state index in [0.29, 0.717) is 0 Å². The third kappa shape index (κ3) is 33.2. The molecular formula is C7H16N2OS3. The minimum absolute atomic E-state index is 0.000000000000000222. The summed E-state index contributed by atoms with van der Waals surface area (Å²) in [5, 5.41) is 0.228. The lowest BCUT2D eigenvalue weighted by Crippen LogP contribution is -2.18. The second kappa shape index (κ2) is 12.1. The number of thioether (sulfide) groups is 2. The Bertz CT molecular complexity index is 149. The first kappa shape index (κ1) is 15.5. The highest BCUT2D eigenvalue weighted by Crippen LogP contribution is 2.06. The molecule has 0 heterocycles. The lowest BCUT2D eigenvalue weighted by Gasteiger charge is -1.93. The summed E-state index contributed by atoms with van der Waals surface area (Å²) < 4.78 is 0. The molecule has 0 bridgehead atoms. The first-order valence-corrected chi connectivity index (χ1v) is 6.31. The molecule has 0 aliphatic heterocycles. The minimum atomic E-state index is 0.000000000000000222. The van der Waals surface area contributed by atoms with Crippen LogP contribution in [0.5, 0.6) is 0 Å². The quantitative estimate of drug-likeness (QED) is 0.568. The second-order valence-electron chi connectivity index (χ2n) is 1.94. The van der Waals surface area contributed by atoms with Gasteiger partial charge in [0.1, 0.15) is 0 Å². The van der Waals surface area contributed by atoms with Crippen molar-refractivity contribution in [1.82, 2.24) is 0 Å². The summed E-state index contributed by atoms with van der Waals surface area (Å²) in [5.41, 5.74) is 9.24. The Morgan fingerprint density at radius 2 is 1.85 bits per heavy atom. The smallest absolute Gasteiger partial charge is 0.185 e. The molecule has 0 saturated heterocycles. The van der Waals surface area contributed by atoms with Crippen molar-refractivity contribution in [3.63, 3.8) is 0 Å². The van der Waals surface area contributed by atoms with E-state index in [-0.39, 0.29) is 10.2 Å². The predicted molar refractivity (Wildman–Crippen MR) is 67.1 cm³/mol. The number of hydrogen-bond acceptors (Lipinski definition) is 4. The van der Waals surface area contributed by atoms with Gasteiger partial charge < -0.3 is 11.5 Å². The molecule has 0 aromatic rings. The zero-order valence-corrected chi connectivity index (χ0v) is 10.4. The van der Waals surface area contributed by atoms with Crippen molar-refractivity contribution in [1.29, 1.82) is 0 Å². The Labute approximate surface area is 93.4 Å². The Morgan fingerprint density at radius 3 is 2.15 bits per heavy atom. The third-order valence-corrected chi connectivity index (χ3v) is 2.71. The van der Waals surface area contributed by atoms with Crippen LogP contribution < -0.4 is 11.5 Å². The number of rotatable bonds is 4. The van der Waals surface area contributed by atoms with E-state index in [1.165, 1.54) is 11.8 Å². The van der Waals surface area contributed by atoms with Gasteiger partial charge in [0.15, 0.2) is 10.2 Å². The van der Waals surface area contributed by atoms with Crippen molar-refractivity contribution in [2.45, 2.75) is 13.8 Å². The number of hydrogen-bond donors (Lipinski definition) is 2. The second-order valence-corrected chi connectivity index (χ2v) is 5.08. The molecule has 0 fully saturated rings. The van der Waals surface area contributed by atoms with Gasteiger partial charge in [0.25, 0.3) is 0 Å². The molecule has 0 spiro atoms. The normalized spacial score (nSPS) is 8.46. The Hall–Kier alpha value is 0.0600. The molecule has 0 unspecified atom stereocenters. The maximum absolute atomic E-state index is 10.4. The monoisotopic (exact) mass is 240 g/mol. The molecule has 0 radical (unpaired) electrons. The van der Waals surface area contributed by atoms with Gasteiger partial charge in [0.05, 0.1) is 0 Å². The molecule has 0 amide bonds. The van der Waals surface area contributed by atoms with Gasteiger partial charge in [-0.1, -0.05) is 18.7 Å². The Balaban J connectivity index is 0. The molecule has 0 saturated carbocycles. The van der Waals surface area contributed by atoms with Gasteiger partial charge in [-0.15, -0.1) is 0 Å². The summed E-state index contributed by atoms with van der Waals surface area (Å²) in [6.07, 6.45) is 0. The summed E-state index contributed by atoms with van der Waals surface area (Å²) in [7, 11) is 0. The van der Waals surface area contributed by atoms with E-state index in [9.17, 15) is 4.79 Å². The molecule has 0 aliphatic carbocycles. The van der Waals surface area contributed by atoms with Crippen molar-refractivity contribution in [2.24, 2.45) is 11.5 Å². The maximum atomic E-state index is 10.4. The van der Waals surface area contributed by atoms with Gasteiger partial charge in [0.2, 0.25) is 0 Å². The van der Waals surface area contributed by atoms with Crippen molar-refractivity contribution in [2.75, 3.05) is 17.3 Å². The first-order chi connectivity index (χ1) is 6.00. The summed E-state index contributed by atoms with van der Waals surface area (Å²) in [5.74, 6) is 3.22. The molecule has 3 nitrogen and oxygen atoms in total. The van der Waals surface area contributed by atoms with Crippen molar-refractivity contribution in [3.8, 4) is 0 Å². The average Bonchev–Trinajstić information content (AvgIpc) is 1.97. The van der Waals surface area contributed by atoms with Gasteiger partial charge in [-0.2, -0.15) is 11.8 Å². The molecule has 0 atom stereocenters. The highest BCUT2D eigenvalue weighted by molar-refractivity contribution is 8.14. The predicted octanol–water partition coefficient (Wildman–Crippen LogP) is 1.21. The summed E-state index contributed by atoms with van der Waals surface area (Å²) in [4.78, 5) is 10.4. The van der Waals surface area contributed by atoms with Crippen LogP contribution in [0.1, 0.15) is 13.8 Å². The van der Waals surface area contributed by atoms with Crippen LogP contribution in [0.3, 0.4) is 0 Å². The van der Waals surface area contributed by atoms with Gasteiger partial charge in [-0.05, 0) is 18.0 Å². The molecule has 4 N–H and O–H groups in total. The molecule has 13 heavy (non-hydrogen) atoms. The number of thiocarbonyl (C=S) groups is 1. The first-order valence-electron chi connectivity index (χ1n) is 3.76. The van der Waals surface area contributed by atoms with Crippen LogP contribution >= 0.6 is 35.7 Å². The summed E-state index contributed by atoms with van der Waals surface area (Å²) in [6, 6.07) is 0. The number of carbonyl (C=O) groups is 1. The summed E-state index contributed by atoms with van der Waals surface area (Å²) >= 11 is 7.38. The topological polar surface area (TPSA) is 69.1 Å². The van der Waals surface area contributed by atoms with Crippen molar-refractivity contribution < 1.29 is 4.79 Å². The van der Waals surface area contributed by atoms with E-state index in [2.05, 4.69) is 30.6 Å². The van der Waals surface area contributed by atoms with Gasteiger partial charge in [-0.3, -0.25) is 4.79 Å². The van der Waals surface area contributed by atoms with Gasteiger partial charge in [0, 0.05) is 18.4 Å². The van der Waals surface area contributed by atoms with Crippen LogP contribution in [-0.2, 0) is 4.79 Å². The lowest BCUT2D eigenvalue weighted by molar-refractivity contribution is -0.109. The molecule has 6 heteroatoms. The maximum Gasteiger partial charge on any atom is 0.185 e. The summed E-state index contributed by atoms with van der Waals surface area (Å²) in [6.45, 7) is 3.74. The molecule has 0 aromatic carbocycles. The molecular weight excluding hydrogens is 224 g/mol. The van der Waals surface area contributed by atoms with Gasteiger partial charge in [-0.25, -0.2) is 0 Å². The van der Waals surface area contributed by atoms with E-state index in [0.717, 1.165) is 17.3 Å². The zero-order chi connectivity index (χ0) is 10.7. The molecule has 0 aliphatic rings. The van der Waals surface area contributed by atoms with Crippen LogP contribution in [0.15, 0.2) is 0 Å². The van der Waals surface area contributed by atoms with E-state index in [1.807, 2.05) is 11.8 Å². The van der Waals surface area contributed by atoms with E-state index in [1.54, 1.807) is 6.92 Å². The highest BCUT2D eigenvalue weighted by Gasteiger charge is 1.91. The van der Waals surface area contributed by atoms with Crippen LogP contribution in [0.4, 0.5) is 0 Å². The van der Waals surface area contributed by atoms with E-state index < -0.39 is 0 Å². The lowest BCUT2D eigenvalue weighted by atomic mass is 10.9. The molecule has 78 valence electrons. The fourth-order valence-electron chi connectivity index (χ4n) is 0.389. The molecule has 0 rings (SSSR count). The molecule has 0 aromatic heterocycles. The van der Waals surface area contributed by atoms with E-state index >= 15 is 0 Å². The van der Waals surface area contributed by atoms with Crippen LogP contribution in [0.2, 0.25) is 0 Å². The van der Waals surface area contributed by atoms with Gasteiger partial charge >= 0.3 is 0 Å². The van der Waals surface area contributed by atoms with Crippen molar-refractivity contribution >= 4 is 46.0 Å². The van der Waals surface area contributed by atoms with Crippen molar-refractivity contribution in [3.05, 3.63) is 0 Å².